The van der Waals surface area contributed by atoms with Gasteiger partial charge in [0.2, 0.25) is 5.91 Å². The van der Waals surface area contributed by atoms with E-state index in [2.05, 4.69) is 25.4 Å². The second-order valence-corrected chi connectivity index (χ2v) is 10.1. The second kappa shape index (κ2) is 11.8. The summed E-state index contributed by atoms with van der Waals surface area (Å²) in [6, 6.07) is 0. The molecule has 3 aromatic rings. The molecule has 0 aromatic carbocycles. The molecule has 0 unspecified atom stereocenters. The number of aliphatic hydroxyl groups excluding tert-OH is 5. The number of rotatable bonds is 5. The van der Waals surface area contributed by atoms with Crippen LogP contribution in [0.3, 0.4) is 0 Å². The van der Waals surface area contributed by atoms with Crippen molar-refractivity contribution in [2.75, 3.05) is 18.9 Å². The van der Waals surface area contributed by atoms with Crippen LogP contribution in [0.1, 0.15) is 24.6 Å². The number of nitrogen functional groups attached to an aromatic ring is 1. The number of ether oxygens (including phenoxy) is 2. The van der Waals surface area contributed by atoms with E-state index in [0.717, 1.165) is 0 Å². The van der Waals surface area contributed by atoms with Crippen LogP contribution in [0.5, 0.6) is 0 Å². The number of hydrazine groups is 1. The van der Waals surface area contributed by atoms with Crippen molar-refractivity contribution in [3.8, 4) is 0 Å². The number of nitrogens with one attached hydrogen (secondary N) is 2. The molecule has 3 aliphatic heterocycles. The Kier molecular flexibility index (Phi) is 8.29. The zero-order chi connectivity index (χ0) is 31.1. The zero-order valence-electron chi connectivity index (χ0n) is 22.7. The molecule has 1 amide bonds. The van der Waals surface area contributed by atoms with E-state index in [1.54, 1.807) is 13.0 Å². The fourth-order valence-electron chi connectivity index (χ4n) is 5.05. The predicted octanol–water partition coefficient (Wildman–Crippen LogP) is -4.13. The molecule has 0 spiro atoms. The fraction of sp³-hybridized carbons (Fsp3) is 0.500. The smallest absolute Gasteiger partial charge is 0.330 e. The quantitative estimate of drug-likeness (QED) is 0.137. The number of nitrogens with zero attached hydrogens (tertiary/aromatic N) is 6. The van der Waals surface area contributed by atoms with Crippen molar-refractivity contribution in [1.29, 1.82) is 0 Å². The van der Waals surface area contributed by atoms with Crippen molar-refractivity contribution in [2.24, 2.45) is 0 Å². The van der Waals surface area contributed by atoms with E-state index in [9.17, 15) is 34.8 Å². The van der Waals surface area contributed by atoms with Crippen molar-refractivity contribution in [2.45, 2.75) is 62.4 Å². The molecular formula is C24H31N9O10. The number of anilines is 1. The van der Waals surface area contributed by atoms with Gasteiger partial charge >= 0.3 is 5.69 Å². The number of aliphatic hydroxyl groups is 5. The summed E-state index contributed by atoms with van der Waals surface area (Å²) < 4.78 is 13.7. The van der Waals surface area contributed by atoms with Gasteiger partial charge in [-0.15, -0.1) is 0 Å². The largest absolute Gasteiger partial charge is 0.394 e. The lowest BCUT2D eigenvalue weighted by molar-refractivity contribution is -0.241. The Bertz CT molecular complexity index is 1640. The molecule has 2 fully saturated rings. The van der Waals surface area contributed by atoms with Crippen molar-refractivity contribution in [3.05, 3.63) is 57.5 Å². The van der Waals surface area contributed by atoms with Gasteiger partial charge in [0, 0.05) is 30.8 Å². The highest BCUT2D eigenvalue weighted by molar-refractivity contribution is 5.81. The van der Waals surface area contributed by atoms with Crippen LogP contribution in [-0.2, 0) is 20.1 Å². The summed E-state index contributed by atoms with van der Waals surface area (Å²) >= 11 is 0. The van der Waals surface area contributed by atoms with Crippen LogP contribution >= 0.6 is 0 Å². The average molecular weight is 606 g/mol. The molecule has 6 heterocycles. The van der Waals surface area contributed by atoms with Crippen molar-refractivity contribution >= 4 is 22.9 Å². The molecule has 6 rings (SSSR count). The van der Waals surface area contributed by atoms with Gasteiger partial charge in [-0.25, -0.2) is 24.8 Å². The lowest BCUT2D eigenvalue weighted by Crippen LogP contribution is -2.62. The first kappa shape index (κ1) is 30.2. The molecule has 7 atom stereocenters. The molecule has 0 bridgehead atoms. The first-order valence-corrected chi connectivity index (χ1v) is 13.1. The molecule has 9 N–H and O–H groups in total. The Morgan fingerprint density at radius 3 is 2.51 bits per heavy atom. The zero-order valence-corrected chi connectivity index (χ0v) is 22.7. The topological polar surface area (TPSA) is 276 Å². The third-order valence-corrected chi connectivity index (χ3v) is 7.29. The highest BCUT2D eigenvalue weighted by Crippen LogP contribution is 2.40. The van der Waals surface area contributed by atoms with Gasteiger partial charge in [0.15, 0.2) is 17.6 Å². The predicted molar refractivity (Wildman–Crippen MR) is 143 cm³/mol. The maximum Gasteiger partial charge on any atom is 0.330 e. The van der Waals surface area contributed by atoms with E-state index in [4.69, 9.17) is 20.3 Å². The van der Waals surface area contributed by atoms with Crippen LogP contribution in [0, 0.1) is 6.92 Å². The number of imidazole rings is 1. The number of aromatic amines is 1. The van der Waals surface area contributed by atoms with Gasteiger partial charge in [-0.3, -0.25) is 29.1 Å². The summed E-state index contributed by atoms with van der Waals surface area (Å²) in [6.07, 6.45) is 1.06. The molecule has 43 heavy (non-hydrogen) atoms. The Hall–Kier alpha value is -4.24. The average Bonchev–Trinajstić information content (AvgIpc) is 3.66. The maximum atomic E-state index is 11.9. The number of H-pyrrole nitrogens is 1. The summed E-state index contributed by atoms with van der Waals surface area (Å²) in [5.41, 5.74) is 8.21. The Balaban J connectivity index is 0.000000188. The van der Waals surface area contributed by atoms with Crippen LogP contribution in [-0.4, -0.2) is 109 Å². The van der Waals surface area contributed by atoms with Gasteiger partial charge in [0.05, 0.1) is 19.3 Å². The summed E-state index contributed by atoms with van der Waals surface area (Å²) in [5.74, 6) is -2.06. The minimum Gasteiger partial charge on any atom is -0.394 e. The summed E-state index contributed by atoms with van der Waals surface area (Å²) in [7, 11) is 0. The standard InChI is InChI=1S/C14H17N7O5.C10H14N2O5/c15-12-9-13(17-5-16-12)20(6-18-9)14(21-3-1-2-8(23)19-21)11(25)10(24)7(4-22)26-14;1-5-3-12(10(16)11-9(5)15)8-2-6(14)7(4-13)17-8/h1,3,5-7,10-11,22,24-25H,2,4H2,(H,19,23)(H2,15,16,17);3,6-8,13-14H,2,4H2,1H3,(H,11,15,16)/t7-,10-,11-,14-;6-,7+,8+/m10/s1. The third kappa shape index (κ3) is 5.27. The van der Waals surface area contributed by atoms with Gasteiger partial charge in [0.1, 0.15) is 42.7 Å². The molecule has 19 nitrogen and oxygen atoms in total. The number of hydrogen-bond acceptors (Lipinski definition) is 15. The van der Waals surface area contributed by atoms with Gasteiger partial charge in [-0.05, 0) is 6.92 Å². The lowest BCUT2D eigenvalue weighted by atomic mass is 10.1. The third-order valence-electron chi connectivity index (χ3n) is 7.29. The number of aryl methyl sites for hydroxylation is 1. The number of aromatic nitrogens is 6. The molecule has 2 saturated heterocycles. The first-order valence-electron chi connectivity index (χ1n) is 13.1. The van der Waals surface area contributed by atoms with Crippen LogP contribution in [0.15, 0.2) is 40.7 Å². The van der Waals surface area contributed by atoms with Crippen LogP contribution in [0.25, 0.3) is 11.2 Å². The number of nitrogens with two attached hydrogens (primary N) is 1. The molecule has 0 radical (unpaired) electrons. The molecule has 232 valence electrons. The van der Waals surface area contributed by atoms with Crippen molar-refractivity contribution < 1.29 is 39.8 Å². The number of fused-ring (bicyclic) bond motifs is 1. The number of carbonyl (C=O) groups excluding carboxylic acids is 1. The Labute approximate surface area is 241 Å². The molecule has 3 aliphatic rings. The maximum absolute atomic E-state index is 11.9. The highest BCUT2D eigenvalue weighted by atomic mass is 16.6. The minimum atomic E-state index is -1.84. The van der Waals surface area contributed by atoms with E-state index in [0.29, 0.717) is 5.56 Å². The van der Waals surface area contributed by atoms with Crippen molar-refractivity contribution in [1.82, 2.24) is 39.5 Å². The molecule has 0 saturated carbocycles. The fourth-order valence-corrected chi connectivity index (χ4v) is 5.05. The Morgan fingerprint density at radius 1 is 1.12 bits per heavy atom. The second-order valence-electron chi connectivity index (χ2n) is 10.1. The molecule has 0 aliphatic carbocycles. The van der Waals surface area contributed by atoms with E-state index in [1.165, 1.54) is 39.2 Å². The van der Waals surface area contributed by atoms with E-state index >= 15 is 0 Å². The van der Waals surface area contributed by atoms with Crippen molar-refractivity contribution in [3.63, 3.8) is 0 Å². The Morgan fingerprint density at radius 2 is 1.86 bits per heavy atom. The number of carbonyl (C=O) groups is 1. The summed E-state index contributed by atoms with van der Waals surface area (Å²) in [4.78, 5) is 48.9. The SMILES string of the molecule is Cc1cn([C@H]2C[C@H](O)[C@@H](CO)O2)c(=O)[nH]c1=O.Nc1ncnc2c1ncn2[C@]1(N2C=CCC(=O)N2)O[C@H](CO)[C@@H](O)[C@H]1O. The lowest BCUT2D eigenvalue weighted by Gasteiger charge is -2.43. The minimum absolute atomic E-state index is 0.119. The summed E-state index contributed by atoms with van der Waals surface area (Å²) in [5, 5.41) is 50.4. The summed E-state index contributed by atoms with van der Waals surface area (Å²) in [6.45, 7) is 0.716. The normalized spacial score (nSPS) is 30.4. The molecule has 3 aromatic heterocycles. The van der Waals surface area contributed by atoms with E-state index in [1.807, 2.05) is 0 Å². The monoisotopic (exact) mass is 605 g/mol. The van der Waals surface area contributed by atoms with Gasteiger partial charge in [-0.2, -0.15) is 0 Å². The number of amides is 1. The molecular weight excluding hydrogens is 574 g/mol. The van der Waals surface area contributed by atoms with Gasteiger partial charge in [-0.1, -0.05) is 6.08 Å². The number of hydrogen-bond donors (Lipinski definition) is 8. The highest BCUT2D eigenvalue weighted by Gasteiger charge is 2.60. The van der Waals surface area contributed by atoms with Gasteiger partial charge < -0.3 is 40.7 Å². The van der Waals surface area contributed by atoms with Crippen LogP contribution in [0.2, 0.25) is 0 Å². The first-order chi connectivity index (χ1) is 20.5. The van der Waals surface area contributed by atoms with Crippen LogP contribution < -0.4 is 22.4 Å². The van der Waals surface area contributed by atoms with E-state index < -0.39 is 60.5 Å². The van der Waals surface area contributed by atoms with Gasteiger partial charge in [0.25, 0.3) is 11.4 Å². The van der Waals surface area contributed by atoms with Crippen LogP contribution in [0.4, 0.5) is 5.82 Å². The molecule has 19 heteroatoms. The van der Waals surface area contributed by atoms with E-state index in [-0.39, 0.29) is 42.3 Å².